The molecule has 3 aromatic heterocycles. The average molecular weight is 358 g/mol. The predicted molar refractivity (Wildman–Crippen MR) is 100 cm³/mol. The summed E-state index contributed by atoms with van der Waals surface area (Å²) in [6.45, 7) is 8.83. The zero-order valence-corrected chi connectivity index (χ0v) is 15.6. The number of nitrogens with zero attached hydrogens (tertiary/aromatic N) is 4. The summed E-state index contributed by atoms with van der Waals surface area (Å²) in [7, 11) is 0. The van der Waals surface area contributed by atoms with E-state index in [0.717, 1.165) is 21.3 Å². The molecule has 0 spiro atoms. The Kier molecular flexibility index (Phi) is 4.71. The predicted octanol–water partition coefficient (Wildman–Crippen LogP) is 3.23. The van der Waals surface area contributed by atoms with Gasteiger partial charge < -0.3 is 10.6 Å². The lowest BCUT2D eigenvalue weighted by molar-refractivity contribution is -0.116. The summed E-state index contributed by atoms with van der Waals surface area (Å²) >= 11 is 1.48. The van der Waals surface area contributed by atoms with Crippen molar-refractivity contribution in [3.63, 3.8) is 0 Å². The lowest BCUT2D eigenvalue weighted by Crippen LogP contribution is -2.17. The van der Waals surface area contributed by atoms with Gasteiger partial charge in [-0.25, -0.2) is 14.5 Å². The number of amides is 1. The number of pyridine rings is 1. The normalized spacial score (nSPS) is 11.7. The molecule has 0 aliphatic rings. The minimum absolute atomic E-state index is 0.00309. The molecule has 8 heteroatoms. The topological polar surface area (TPSA) is 84.2 Å². The quantitative estimate of drug-likeness (QED) is 0.731. The van der Waals surface area contributed by atoms with E-state index in [9.17, 15) is 4.79 Å². The van der Waals surface area contributed by atoms with Gasteiger partial charge in [0.2, 0.25) is 16.0 Å². The van der Waals surface area contributed by atoms with Gasteiger partial charge >= 0.3 is 0 Å². The molecule has 3 heterocycles. The maximum atomic E-state index is 11.9. The molecule has 0 unspecified atom stereocenters. The second-order valence-corrected chi connectivity index (χ2v) is 7.91. The summed E-state index contributed by atoms with van der Waals surface area (Å²) in [6, 6.07) is 3.71. The zero-order chi connectivity index (χ0) is 18.0. The molecule has 1 amide bonds. The van der Waals surface area contributed by atoms with Crippen LogP contribution in [0.3, 0.4) is 0 Å². The van der Waals surface area contributed by atoms with Gasteiger partial charge in [-0.05, 0) is 18.6 Å². The second-order valence-electron chi connectivity index (χ2n) is 6.96. The van der Waals surface area contributed by atoms with Crippen molar-refractivity contribution >= 4 is 33.2 Å². The van der Waals surface area contributed by atoms with Gasteiger partial charge in [0.1, 0.15) is 5.82 Å². The SMILES string of the molecule is Cc1ccc(NC(=O)CCNc2nn3cc(C(C)(C)C)nc3s2)nc1. The summed E-state index contributed by atoms with van der Waals surface area (Å²) in [5.41, 5.74) is 2.08. The Hall–Kier alpha value is -2.48. The Labute approximate surface area is 150 Å². The molecule has 7 nitrogen and oxygen atoms in total. The molecule has 2 N–H and O–H groups in total. The van der Waals surface area contributed by atoms with Crippen LogP contribution in [-0.4, -0.2) is 32.0 Å². The molecule has 0 saturated heterocycles. The monoisotopic (exact) mass is 358 g/mol. The number of hydrogen-bond acceptors (Lipinski definition) is 6. The molecule has 0 atom stereocenters. The zero-order valence-electron chi connectivity index (χ0n) is 14.8. The number of hydrogen-bond donors (Lipinski definition) is 2. The molecule has 0 fully saturated rings. The van der Waals surface area contributed by atoms with Crippen molar-refractivity contribution in [3.8, 4) is 0 Å². The van der Waals surface area contributed by atoms with E-state index in [0.29, 0.717) is 18.8 Å². The van der Waals surface area contributed by atoms with Gasteiger partial charge in [-0.1, -0.05) is 38.2 Å². The minimum Gasteiger partial charge on any atom is -0.360 e. The van der Waals surface area contributed by atoms with Gasteiger partial charge in [0, 0.05) is 24.6 Å². The summed E-state index contributed by atoms with van der Waals surface area (Å²) < 4.78 is 1.78. The number of anilines is 2. The van der Waals surface area contributed by atoms with Crippen LogP contribution in [0.2, 0.25) is 0 Å². The van der Waals surface area contributed by atoms with Crippen molar-refractivity contribution in [2.24, 2.45) is 0 Å². The Morgan fingerprint density at radius 3 is 2.76 bits per heavy atom. The van der Waals surface area contributed by atoms with Crippen molar-refractivity contribution in [1.29, 1.82) is 0 Å². The van der Waals surface area contributed by atoms with E-state index in [1.165, 1.54) is 11.3 Å². The van der Waals surface area contributed by atoms with Crippen molar-refractivity contribution in [2.75, 3.05) is 17.2 Å². The molecule has 3 rings (SSSR count). The standard InChI is InChI=1S/C17H22N6OS/c1-11-5-6-13(19-9-11)21-14(24)7-8-18-15-22-23-10-12(17(2,3)4)20-16(23)25-15/h5-6,9-10H,7-8H2,1-4H3,(H,18,22)(H,19,21,24). The van der Waals surface area contributed by atoms with E-state index in [-0.39, 0.29) is 11.3 Å². The number of carbonyl (C=O) groups is 1. The van der Waals surface area contributed by atoms with E-state index < -0.39 is 0 Å². The molecule has 3 aromatic rings. The van der Waals surface area contributed by atoms with Gasteiger partial charge in [-0.2, -0.15) is 0 Å². The number of nitrogens with one attached hydrogen (secondary N) is 2. The highest BCUT2D eigenvalue weighted by molar-refractivity contribution is 7.20. The van der Waals surface area contributed by atoms with Crippen LogP contribution in [0.15, 0.2) is 24.5 Å². The lowest BCUT2D eigenvalue weighted by atomic mass is 9.93. The largest absolute Gasteiger partial charge is 0.360 e. The highest BCUT2D eigenvalue weighted by Gasteiger charge is 2.19. The highest BCUT2D eigenvalue weighted by Crippen LogP contribution is 2.25. The fraction of sp³-hybridized carbons (Fsp3) is 0.412. The number of rotatable bonds is 5. The van der Waals surface area contributed by atoms with Crippen molar-refractivity contribution in [1.82, 2.24) is 19.6 Å². The van der Waals surface area contributed by atoms with Crippen LogP contribution < -0.4 is 10.6 Å². The number of carbonyl (C=O) groups excluding carboxylic acids is 1. The van der Waals surface area contributed by atoms with Gasteiger partial charge in [-0.3, -0.25) is 4.79 Å². The Morgan fingerprint density at radius 2 is 2.12 bits per heavy atom. The number of aryl methyl sites for hydroxylation is 1. The second kappa shape index (κ2) is 6.79. The Balaban J connectivity index is 1.51. The fourth-order valence-corrected chi connectivity index (χ4v) is 2.97. The Bertz CT molecular complexity index is 843. The first-order valence-corrected chi connectivity index (χ1v) is 8.96. The van der Waals surface area contributed by atoms with E-state index in [1.807, 2.05) is 19.2 Å². The molecule has 0 aliphatic carbocycles. The fourth-order valence-electron chi connectivity index (χ4n) is 2.16. The molecule has 0 saturated carbocycles. The Morgan fingerprint density at radius 1 is 1.32 bits per heavy atom. The van der Waals surface area contributed by atoms with Gasteiger partial charge in [0.15, 0.2) is 0 Å². The number of aromatic nitrogens is 4. The molecule has 0 aliphatic heterocycles. The molecule has 25 heavy (non-hydrogen) atoms. The van der Waals surface area contributed by atoms with Crippen molar-refractivity contribution < 1.29 is 4.79 Å². The maximum Gasteiger partial charge on any atom is 0.227 e. The molecule has 132 valence electrons. The van der Waals surface area contributed by atoms with E-state index in [2.05, 4.69) is 46.5 Å². The van der Waals surface area contributed by atoms with Crippen molar-refractivity contribution in [2.45, 2.75) is 39.5 Å². The molecule has 0 aromatic carbocycles. The first-order chi connectivity index (χ1) is 11.8. The van der Waals surface area contributed by atoms with E-state index in [1.54, 1.807) is 16.8 Å². The summed E-state index contributed by atoms with van der Waals surface area (Å²) in [5.74, 6) is 0.484. The molecule has 0 bridgehead atoms. The third-order valence-electron chi connectivity index (χ3n) is 3.62. The average Bonchev–Trinajstić information content (AvgIpc) is 3.07. The number of imidazole rings is 1. The van der Waals surface area contributed by atoms with Crippen LogP contribution >= 0.6 is 11.3 Å². The van der Waals surface area contributed by atoms with Crippen LogP contribution in [0.5, 0.6) is 0 Å². The maximum absolute atomic E-state index is 11.9. The van der Waals surface area contributed by atoms with Gasteiger partial charge in [0.05, 0.1) is 11.9 Å². The van der Waals surface area contributed by atoms with E-state index >= 15 is 0 Å². The van der Waals surface area contributed by atoms with Crippen LogP contribution in [0.25, 0.3) is 4.96 Å². The first kappa shape index (κ1) is 17.3. The van der Waals surface area contributed by atoms with Crippen LogP contribution in [0.4, 0.5) is 10.9 Å². The number of fused-ring (bicyclic) bond motifs is 1. The van der Waals surface area contributed by atoms with E-state index in [4.69, 9.17) is 0 Å². The summed E-state index contributed by atoms with van der Waals surface area (Å²) in [5, 5.41) is 11.2. The minimum atomic E-state index is -0.0831. The van der Waals surface area contributed by atoms with Gasteiger partial charge in [-0.15, -0.1) is 5.10 Å². The summed E-state index contributed by atoms with van der Waals surface area (Å²) in [4.78, 5) is 21.5. The van der Waals surface area contributed by atoms with Gasteiger partial charge in [0.25, 0.3) is 0 Å². The van der Waals surface area contributed by atoms with Crippen LogP contribution in [-0.2, 0) is 10.2 Å². The highest BCUT2D eigenvalue weighted by atomic mass is 32.1. The third kappa shape index (κ3) is 4.33. The lowest BCUT2D eigenvalue weighted by Gasteiger charge is -2.13. The molecular weight excluding hydrogens is 336 g/mol. The van der Waals surface area contributed by atoms with Crippen molar-refractivity contribution in [3.05, 3.63) is 35.8 Å². The van der Waals surface area contributed by atoms with Crippen LogP contribution in [0, 0.1) is 6.92 Å². The first-order valence-electron chi connectivity index (χ1n) is 8.14. The third-order valence-corrected chi connectivity index (χ3v) is 4.50. The molecule has 0 radical (unpaired) electrons. The smallest absolute Gasteiger partial charge is 0.227 e. The summed E-state index contributed by atoms with van der Waals surface area (Å²) in [6.07, 6.45) is 4.02. The molecular formula is C17H22N6OS. The van der Waals surface area contributed by atoms with Crippen LogP contribution in [0.1, 0.15) is 38.4 Å².